The number of carboxylic acid groups (broad SMARTS) is 1. The highest BCUT2D eigenvalue weighted by Gasteiger charge is 2.65. The first-order valence-electron chi connectivity index (χ1n) is 16.7. The minimum atomic E-state index is -5.24. The van der Waals surface area contributed by atoms with Crippen molar-refractivity contribution < 1.29 is 55.6 Å². The summed E-state index contributed by atoms with van der Waals surface area (Å²) in [4.78, 5) is 23.9. The third-order valence-corrected chi connectivity index (χ3v) is 8.78. The Labute approximate surface area is 305 Å². The number of ether oxygens (including phenoxy) is 2. The Kier molecular flexibility index (Phi) is 11.6. The molecule has 4 aromatic carbocycles. The van der Waals surface area contributed by atoms with Gasteiger partial charge in [0.1, 0.15) is 0 Å². The number of nitrogens with zero attached hydrogens (tertiary/aromatic N) is 2. The average molecular weight is 755 g/mol. The SMILES string of the molecule is CCOC(=O)C(O)(c1cn(Cc2ccccc2)c2ccccc12)C(F)(F)F.CCOC(C(=O)O)(c1cn(Cc2ccccc2)c2ccccc12)C(F)(F)F. The van der Waals surface area contributed by atoms with Crippen molar-refractivity contribution in [2.75, 3.05) is 13.2 Å². The van der Waals surface area contributed by atoms with E-state index in [9.17, 15) is 46.1 Å². The van der Waals surface area contributed by atoms with E-state index in [1.165, 1.54) is 38.4 Å². The first kappa shape index (κ1) is 39.6. The van der Waals surface area contributed by atoms with E-state index in [0.29, 0.717) is 17.6 Å². The molecule has 0 aliphatic heterocycles. The highest BCUT2D eigenvalue weighted by Crippen LogP contribution is 2.46. The van der Waals surface area contributed by atoms with E-state index in [4.69, 9.17) is 4.74 Å². The minimum absolute atomic E-state index is 0.140. The number of benzene rings is 4. The largest absolute Gasteiger partial charge is 0.479 e. The summed E-state index contributed by atoms with van der Waals surface area (Å²) in [6.45, 7) is 2.64. The number of aliphatic carboxylic acids is 1. The van der Waals surface area contributed by atoms with Crippen molar-refractivity contribution in [1.29, 1.82) is 0 Å². The molecule has 6 aromatic rings. The van der Waals surface area contributed by atoms with Crippen molar-refractivity contribution in [2.24, 2.45) is 0 Å². The van der Waals surface area contributed by atoms with Gasteiger partial charge in [-0.15, -0.1) is 0 Å². The first-order valence-corrected chi connectivity index (χ1v) is 16.7. The Morgan fingerprint density at radius 3 is 1.44 bits per heavy atom. The van der Waals surface area contributed by atoms with Gasteiger partial charge in [-0.25, -0.2) is 9.59 Å². The summed E-state index contributed by atoms with van der Waals surface area (Å²) >= 11 is 0. The molecule has 2 aromatic heterocycles. The highest BCUT2D eigenvalue weighted by molar-refractivity contribution is 5.93. The van der Waals surface area contributed by atoms with Gasteiger partial charge in [0.25, 0.3) is 11.2 Å². The lowest BCUT2D eigenvalue weighted by Gasteiger charge is -2.31. The van der Waals surface area contributed by atoms with Crippen molar-refractivity contribution in [3.05, 3.63) is 144 Å². The maximum Gasteiger partial charge on any atom is 0.432 e. The molecule has 0 saturated carbocycles. The van der Waals surface area contributed by atoms with Gasteiger partial charge in [0, 0.05) is 65.0 Å². The van der Waals surface area contributed by atoms with E-state index in [1.54, 1.807) is 45.5 Å². The van der Waals surface area contributed by atoms with Crippen molar-refractivity contribution in [3.8, 4) is 0 Å². The third-order valence-electron chi connectivity index (χ3n) is 8.78. The number of aliphatic hydroxyl groups is 1. The molecule has 0 fully saturated rings. The second-order valence-electron chi connectivity index (χ2n) is 12.2. The second-order valence-corrected chi connectivity index (χ2v) is 12.2. The van der Waals surface area contributed by atoms with Crippen LogP contribution < -0.4 is 0 Å². The number of rotatable bonds is 11. The molecule has 0 radical (unpaired) electrons. The van der Waals surface area contributed by atoms with Gasteiger partial charge >= 0.3 is 24.3 Å². The number of alkyl halides is 6. The molecular weight excluding hydrogens is 718 g/mol. The van der Waals surface area contributed by atoms with Crippen molar-refractivity contribution in [3.63, 3.8) is 0 Å². The third kappa shape index (κ3) is 7.44. The maximum absolute atomic E-state index is 13.9. The highest BCUT2D eigenvalue weighted by atomic mass is 19.4. The van der Waals surface area contributed by atoms with Gasteiger partial charge in [0.15, 0.2) is 0 Å². The van der Waals surface area contributed by atoms with Crippen LogP contribution in [0.1, 0.15) is 36.1 Å². The number of hydrogen-bond donors (Lipinski definition) is 2. The number of esters is 1. The molecule has 284 valence electrons. The number of halogens is 6. The predicted octanol–water partition coefficient (Wildman–Crippen LogP) is 8.57. The van der Waals surface area contributed by atoms with Gasteiger partial charge in [0.05, 0.1) is 6.61 Å². The Hall–Kier alpha value is -5.60. The van der Waals surface area contributed by atoms with Gasteiger partial charge in [-0.1, -0.05) is 97.1 Å². The molecule has 2 N–H and O–H groups in total. The number of fused-ring (bicyclic) bond motifs is 2. The number of carbonyl (C=O) groups is 2. The van der Waals surface area contributed by atoms with Crippen LogP contribution in [0.4, 0.5) is 26.3 Å². The molecule has 0 amide bonds. The first-order chi connectivity index (χ1) is 25.6. The van der Waals surface area contributed by atoms with E-state index in [1.807, 2.05) is 60.7 Å². The summed E-state index contributed by atoms with van der Waals surface area (Å²) in [6.07, 6.45) is -7.96. The number of carbonyl (C=O) groups excluding carboxylic acids is 1. The summed E-state index contributed by atoms with van der Waals surface area (Å²) in [6, 6.07) is 31.1. The Morgan fingerprint density at radius 1 is 0.611 bits per heavy atom. The van der Waals surface area contributed by atoms with Crippen LogP contribution >= 0.6 is 0 Å². The van der Waals surface area contributed by atoms with Crippen molar-refractivity contribution in [2.45, 2.75) is 50.5 Å². The van der Waals surface area contributed by atoms with Gasteiger partial charge in [-0.2, -0.15) is 26.3 Å². The molecule has 2 unspecified atom stereocenters. The lowest BCUT2D eigenvalue weighted by molar-refractivity contribution is -0.279. The van der Waals surface area contributed by atoms with E-state index in [0.717, 1.165) is 11.1 Å². The lowest BCUT2D eigenvalue weighted by Crippen LogP contribution is -2.51. The standard InChI is InChI=1S/2C20H18F3NO3/c1-2-27-18(25)19(26,20(21,22)23)16-13-24(12-14-8-4-3-5-9-14)17-11-7-6-10-15(16)17;1-2-27-19(18(25)26,20(21,22)23)16-13-24(12-14-8-4-3-5-9-14)17-11-7-6-10-15(16)17/h3-11,13,26H,2,12H2,1H3;3-11,13H,2,12H2,1H3,(H,25,26). The number of hydrogen-bond acceptors (Lipinski definition) is 5. The molecular formula is C40H36F6N2O6. The summed E-state index contributed by atoms with van der Waals surface area (Å²) < 4.78 is 95.8. The number of aromatic nitrogens is 2. The monoisotopic (exact) mass is 754 g/mol. The quantitative estimate of drug-likeness (QED) is 0.102. The molecule has 0 bridgehead atoms. The fourth-order valence-corrected chi connectivity index (χ4v) is 6.33. The van der Waals surface area contributed by atoms with E-state index >= 15 is 0 Å². The molecule has 14 heteroatoms. The van der Waals surface area contributed by atoms with Crippen LogP contribution in [-0.4, -0.2) is 56.9 Å². The van der Waals surface area contributed by atoms with Gasteiger partial charge in [-0.05, 0) is 37.1 Å². The van der Waals surface area contributed by atoms with Crippen LogP contribution in [0.15, 0.2) is 122 Å². The molecule has 0 spiro atoms. The maximum atomic E-state index is 13.9. The molecule has 0 saturated heterocycles. The van der Waals surface area contributed by atoms with Crippen LogP contribution in [0, 0.1) is 0 Å². The number of carboxylic acids is 1. The summed E-state index contributed by atoms with van der Waals surface area (Å²) in [5, 5.41) is 20.4. The smallest absolute Gasteiger partial charge is 0.432 e. The van der Waals surface area contributed by atoms with Gasteiger partial charge < -0.3 is 28.8 Å². The van der Waals surface area contributed by atoms with Gasteiger partial charge in [0.2, 0.25) is 0 Å². The van der Waals surface area contributed by atoms with Crippen LogP contribution in [0.3, 0.4) is 0 Å². The second kappa shape index (κ2) is 15.8. The van der Waals surface area contributed by atoms with Crippen LogP contribution in [-0.2, 0) is 43.4 Å². The minimum Gasteiger partial charge on any atom is -0.479 e. The molecule has 2 heterocycles. The van der Waals surface area contributed by atoms with E-state index in [-0.39, 0.29) is 23.9 Å². The molecule has 2 atom stereocenters. The molecule has 0 aliphatic carbocycles. The van der Waals surface area contributed by atoms with E-state index in [2.05, 4.69) is 4.74 Å². The average Bonchev–Trinajstić information content (AvgIpc) is 3.69. The summed E-state index contributed by atoms with van der Waals surface area (Å²) in [7, 11) is 0. The van der Waals surface area contributed by atoms with E-state index < -0.39 is 53.2 Å². The zero-order valence-electron chi connectivity index (χ0n) is 29.1. The predicted molar refractivity (Wildman–Crippen MR) is 189 cm³/mol. The Balaban J connectivity index is 0.000000208. The molecule has 0 aliphatic rings. The number of para-hydroxylation sites is 2. The van der Waals surface area contributed by atoms with Crippen molar-refractivity contribution >= 4 is 33.7 Å². The molecule has 6 rings (SSSR count). The fraction of sp³-hybridized carbons (Fsp3) is 0.250. The Morgan fingerprint density at radius 2 is 1.04 bits per heavy atom. The zero-order chi connectivity index (χ0) is 39.3. The van der Waals surface area contributed by atoms with Crippen LogP contribution in [0.2, 0.25) is 0 Å². The normalized spacial score (nSPS) is 14.2. The Bertz CT molecular complexity index is 2220. The van der Waals surface area contributed by atoms with Gasteiger partial charge in [-0.3, -0.25) is 0 Å². The van der Waals surface area contributed by atoms with Crippen LogP contribution in [0.5, 0.6) is 0 Å². The summed E-state index contributed by atoms with van der Waals surface area (Å²) in [5.41, 5.74) is -5.40. The lowest BCUT2D eigenvalue weighted by atomic mass is 9.92. The topological polar surface area (TPSA) is 103 Å². The summed E-state index contributed by atoms with van der Waals surface area (Å²) in [5.74, 6) is -3.82. The van der Waals surface area contributed by atoms with Crippen LogP contribution in [0.25, 0.3) is 21.8 Å². The van der Waals surface area contributed by atoms with Crippen molar-refractivity contribution in [1.82, 2.24) is 9.13 Å². The fourth-order valence-electron chi connectivity index (χ4n) is 6.33. The zero-order valence-corrected chi connectivity index (χ0v) is 29.1. The molecule has 54 heavy (non-hydrogen) atoms. The molecule has 8 nitrogen and oxygen atoms in total.